The van der Waals surface area contributed by atoms with Crippen LogP contribution in [0, 0.1) is 0 Å². The highest BCUT2D eigenvalue weighted by atomic mass is 79.9. The van der Waals surface area contributed by atoms with E-state index in [1.807, 2.05) is 24.0 Å². The zero-order valence-corrected chi connectivity index (χ0v) is 13.5. The van der Waals surface area contributed by atoms with Crippen LogP contribution in [0.15, 0.2) is 29.1 Å². The fourth-order valence-corrected chi connectivity index (χ4v) is 2.59. The quantitative estimate of drug-likeness (QED) is 0.860. The van der Waals surface area contributed by atoms with Crippen molar-refractivity contribution in [3.63, 3.8) is 0 Å². The van der Waals surface area contributed by atoms with E-state index in [9.17, 15) is 0 Å². The first kappa shape index (κ1) is 15.1. The van der Waals surface area contributed by atoms with Gasteiger partial charge >= 0.3 is 0 Å². The van der Waals surface area contributed by atoms with E-state index < -0.39 is 0 Å². The Kier molecular flexibility index (Phi) is 5.22. The van der Waals surface area contributed by atoms with Gasteiger partial charge in [0.05, 0.1) is 35.1 Å². The van der Waals surface area contributed by atoms with Gasteiger partial charge in [-0.15, -0.1) is 0 Å². The average molecular weight is 339 g/mol. The van der Waals surface area contributed by atoms with Crippen molar-refractivity contribution < 1.29 is 0 Å². The maximum Gasteiger partial charge on any atom is 0.0773 e. The van der Waals surface area contributed by atoms with Gasteiger partial charge in [-0.2, -0.15) is 15.3 Å². The number of aromatic nitrogens is 4. The van der Waals surface area contributed by atoms with E-state index in [-0.39, 0.29) is 6.04 Å². The summed E-state index contributed by atoms with van der Waals surface area (Å²) in [6.45, 7) is 1.77. The summed E-state index contributed by atoms with van der Waals surface area (Å²) in [6.07, 6.45) is 5.31. The monoisotopic (exact) mass is 338 g/mol. The van der Waals surface area contributed by atoms with E-state index in [4.69, 9.17) is 0 Å². The summed E-state index contributed by atoms with van der Waals surface area (Å²) < 4.78 is 3.01. The molecule has 2 aromatic rings. The minimum Gasteiger partial charge on any atom is -0.308 e. The Morgan fingerprint density at radius 1 is 1.35 bits per heavy atom. The Morgan fingerprint density at radius 3 is 2.75 bits per heavy atom. The molecule has 0 radical (unpaired) electrons. The molecule has 0 aliphatic rings. The van der Waals surface area contributed by atoms with Gasteiger partial charge in [0.2, 0.25) is 0 Å². The van der Waals surface area contributed by atoms with Crippen molar-refractivity contribution in [3.8, 4) is 0 Å². The summed E-state index contributed by atoms with van der Waals surface area (Å²) >= 11 is 3.59. The van der Waals surface area contributed by atoms with Gasteiger partial charge in [0.15, 0.2) is 0 Å². The second-order valence-corrected chi connectivity index (χ2v) is 5.66. The van der Waals surface area contributed by atoms with Crippen LogP contribution in [0.2, 0.25) is 0 Å². The largest absolute Gasteiger partial charge is 0.308 e. The highest BCUT2D eigenvalue weighted by Gasteiger charge is 2.20. The molecule has 0 aromatic carbocycles. The van der Waals surface area contributed by atoms with Crippen LogP contribution in [0.1, 0.15) is 17.3 Å². The van der Waals surface area contributed by atoms with Crippen molar-refractivity contribution in [2.24, 2.45) is 0 Å². The second kappa shape index (κ2) is 6.92. The Morgan fingerprint density at radius 2 is 2.15 bits per heavy atom. The standard InChI is InChI=1S/C13H19BrN6/c1-15-12(10-4-5-16-17-8-10)13-11(14)9-18-20(13)7-6-19(2)3/h4-5,8-9,12,15H,6-7H2,1-3H3. The second-order valence-electron chi connectivity index (χ2n) is 4.80. The van der Waals surface area contributed by atoms with Gasteiger partial charge in [-0.3, -0.25) is 4.68 Å². The summed E-state index contributed by atoms with van der Waals surface area (Å²) in [7, 11) is 6.04. The molecule has 2 rings (SSSR count). The molecule has 1 atom stereocenters. The van der Waals surface area contributed by atoms with Crippen molar-refractivity contribution in [3.05, 3.63) is 40.4 Å². The van der Waals surface area contributed by atoms with Gasteiger partial charge in [-0.25, -0.2) is 0 Å². The molecule has 0 spiro atoms. The summed E-state index contributed by atoms with van der Waals surface area (Å²) in [4.78, 5) is 2.14. The van der Waals surface area contributed by atoms with Crippen LogP contribution in [0.3, 0.4) is 0 Å². The van der Waals surface area contributed by atoms with Gasteiger partial charge in [0.25, 0.3) is 0 Å². The van der Waals surface area contributed by atoms with Crippen molar-refractivity contribution in [1.82, 2.24) is 30.2 Å². The molecule has 2 heterocycles. The summed E-state index contributed by atoms with van der Waals surface area (Å²) in [5, 5.41) is 15.5. The Labute approximate surface area is 127 Å². The molecule has 0 fully saturated rings. The van der Waals surface area contributed by atoms with Crippen LogP contribution >= 0.6 is 15.9 Å². The van der Waals surface area contributed by atoms with Crippen LogP contribution in [0.5, 0.6) is 0 Å². The predicted octanol–water partition coefficient (Wildman–Crippen LogP) is 1.31. The van der Waals surface area contributed by atoms with E-state index in [2.05, 4.69) is 55.5 Å². The molecule has 0 aliphatic heterocycles. The SMILES string of the molecule is CNC(c1ccnnc1)c1c(Br)cnn1CCN(C)C. The zero-order chi connectivity index (χ0) is 14.5. The van der Waals surface area contributed by atoms with Crippen LogP contribution in [0.25, 0.3) is 0 Å². The first-order valence-corrected chi connectivity index (χ1v) is 7.22. The summed E-state index contributed by atoms with van der Waals surface area (Å²) in [5.41, 5.74) is 2.16. The van der Waals surface area contributed by atoms with E-state index in [0.29, 0.717) is 0 Å². The highest BCUT2D eigenvalue weighted by Crippen LogP contribution is 2.27. The predicted molar refractivity (Wildman–Crippen MR) is 81.4 cm³/mol. The van der Waals surface area contributed by atoms with Gasteiger partial charge < -0.3 is 10.2 Å². The van der Waals surface area contributed by atoms with Gasteiger partial charge in [-0.1, -0.05) is 0 Å². The van der Waals surface area contributed by atoms with E-state index in [1.54, 1.807) is 12.4 Å². The number of hydrogen-bond acceptors (Lipinski definition) is 5. The molecule has 108 valence electrons. The zero-order valence-electron chi connectivity index (χ0n) is 11.9. The lowest BCUT2D eigenvalue weighted by Gasteiger charge is -2.19. The third-order valence-electron chi connectivity index (χ3n) is 3.09. The van der Waals surface area contributed by atoms with Crippen molar-refractivity contribution in [2.45, 2.75) is 12.6 Å². The van der Waals surface area contributed by atoms with Gasteiger partial charge in [-0.05, 0) is 48.7 Å². The highest BCUT2D eigenvalue weighted by molar-refractivity contribution is 9.10. The molecular formula is C13H19BrN6. The lowest BCUT2D eigenvalue weighted by atomic mass is 10.1. The average Bonchev–Trinajstić information content (AvgIpc) is 2.80. The molecule has 6 nitrogen and oxygen atoms in total. The molecule has 20 heavy (non-hydrogen) atoms. The molecule has 0 amide bonds. The maximum absolute atomic E-state index is 4.45. The number of nitrogens with one attached hydrogen (secondary N) is 1. The van der Waals surface area contributed by atoms with Crippen molar-refractivity contribution in [1.29, 1.82) is 0 Å². The summed E-state index contributed by atoms with van der Waals surface area (Å²) in [5.74, 6) is 0. The third-order valence-corrected chi connectivity index (χ3v) is 3.71. The van der Waals surface area contributed by atoms with Crippen molar-refractivity contribution in [2.75, 3.05) is 27.7 Å². The normalized spacial score (nSPS) is 12.8. The topological polar surface area (TPSA) is 58.9 Å². The first-order chi connectivity index (χ1) is 9.63. The molecule has 0 bridgehead atoms. The van der Waals surface area contributed by atoms with Crippen LogP contribution in [0.4, 0.5) is 0 Å². The van der Waals surface area contributed by atoms with Gasteiger partial charge in [0.1, 0.15) is 0 Å². The van der Waals surface area contributed by atoms with Crippen LogP contribution < -0.4 is 5.32 Å². The Balaban J connectivity index is 2.32. The third kappa shape index (κ3) is 3.41. The first-order valence-electron chi connectivity index (χ1n) is 6.43. The van der Waals surface area contributed by atoms with Gasteiger partial charge in [0, 0.05) is 12.7 Å². The molecule has 1 N–H and O–H groups in total. The molecule has 2 aromatic heterocycles. The molecule has 1 unspecified atom stereocenters. The molecular weight excluding hydrogens is 320 g/mol. The molecule has 7 heteroatoms. The minimum atomic E-state index is 0.0320. The van der Waals surface area contributed by atoms with E-state index in [1.165, 1.54) is 0 Å². The maximum atomic E-state index is 4.45. The lowest BCUT2D eigenvalue weighted by molar-refractivity contribution is 0.366. The number of nitrogens with zero attached hydrogens (tertiary/aromatic N) is 5. The minimum absolute atomic E-state index is 0.0320. The number of likely N-dealkylation sites (N-methyl/N-ethyl adjacent to an activating group) is 1. The Hall–Kier alpha value is -1.31. The molecule has 0 aliphatic carbocycles. The molecule has 0 saturated heterocycles. The fourth-order valence-electron chi connectivity index (χ4n) is 2.06. The van der Waals surface area contributed by atoms with Crippen molar-refractivity contribution >= 4 is 15.9 Å². The Bertz CT molecular complexity index is 539. The van der Waals surface area contributed by atoms with Crippen LogP contribution in [-0.4, -0.2) is 52.6 Å². The number of rotatable bonds is 6. The summed E-state index contributed by atoms with van der Waals surface area (Å²) in [6, 6.07) is 1.99. The number of hydrogen-bond donors (Lipinski definition) is 1. The number of halogens is 1. The lowest BCUT2D eigenvalue weighted by Crippen LogP contribution is -2.25. The smallest absolute Gasteiger partial charge is 0.0773 e. The molecule has 0 saturated carbocycles. The van der Waals surface area contributed by atoms with E-state index >= 15 is 0 Å². The van der Waals surface area contributed by atoms with E-state index in [0.717, 1.165) is 28.8 Å². The van der Waals surface area contributed by atoms with Crippen LogP contribution in [-0.2, 0) is 6.54 Å². The fraction of sp³-hybridized carbons (Fsp3) is 0.462.